The summed E-state index contributed by atoms with van der Waals surface area (Å²) in [6.07, 6.45) is 4.50. The molecule has 0 unspecified atom stereocenters. The van der Waals surface area contributed by atoms with Gasteiger partial charge in [0.1, 0.15) is 0 Å². The van der Waals surface area contributed by atoms with E-state index in [0.717, 1.165) is 37.7 Å². The zero-order valence-corrected chi connectivity index (χ0v) is 14.2. The largest absolute Gasteiger partial charge is 0.355 e. The number of rotatable bonds is 3. The molecule has 5 heteroatoms. The first-order valence-electron chi connectivity index (χ1n) is 8.63. The van der Waals surface area contributed by atoms with Crippen LogP contribution in [-0.4, -0.2) is 17.7 Å². The lowest BCUT2D eigenvalue weighted by Crippen LogP contribution is -2.26. The molecule has 0 spiro atoms. The molecular weight excluding hydrogens is 320 g/mol. The number of benzene rings is 2. The Bertz CT molecular complexity index is 911. The van der Waals surface area contributed by atoms with E-state index >= 15 is 0 Å². The molecule has 130 valence electrons. The summed E-state index contributed by atoms with van der Waals surface area (Å²) in [5.41, 5.74) is 3.97. The topological polar surface area (TPSA) is 29.0 Å². The average Bonchev–Trinajstić information content (AvgIpc) is 2.95. The summed E-state index contributed by atoms with van der Waals surface area (Å²) < 4.78 is 28.7. The number of aromatic nitrogens is 1. The molecule has 1 fully saturated rings. The molecule has 2 N–H and O–H groups in total. The van der Waals surface area contributed by atoms with Crippen LogP contribution in [0.5, 0.6) is 0 Å². The van der Waals surface area contributed by atoms with E-state index in [4.69, 9.17) is 0 Å². The minimum absolute atomic E-state index is 0.539. The van der Waals surface area contributed by atoms with Crippen molar-refractivity contribution in [3.8, 4) is 0 Å². The average molecular weight is 341 g/mol. The van der Waals surface area contributed by atoms with Crippen LogP contribution >= 0.6 is 0 Å². The maximum absolute atomic E-state index is 13.4. The van der Waals surface area contributed by atoms with E-state index in [0.29, 0.717) is 11.6 Å². The first-order chi connectivity index (χ1) is 12.1. The van der Waals surface area contributed by atoms with Crippen LogP contribution in [0.1, 0.15) is 24.3 Å². The molecule has 0 amide bonds. The fourth-order valence-electron chi connectivity index (χ4n) is 3.70. The molecule has 0 aliphatic carbocycles. The molecule has 0 bridgehead atoms. The molecule has 2 heterocycles. The Labute approximate surface area is 145 Å². The van der Waals surface area contributed by atoms with Crippen LogP contribution in [-0.2, 0) is 7.05 Å². The quantitative estimate of drug-likeness (QED) is 0.725. The monoisotopic (exact) mass is 341 g/mol. The van der Waals surface area contributed by atoms with Crippen LogP contribution in [0.15, 0.2) is 42.6 Å². The van der Waals surface area contributed by atoms with Gasteiger partial charge in [0.15, 0.2) is 11.6 Å². The Morgan fingerprint density at radius 2 is 1.72 bits per heavy atom. The van der Waals surface area contributed by atoms with Gasteiger partial charge >= 0.3 is 0 Å². The van der Waals surface area contributed by atoms with Gasteiger partial charge in [0.25, 0.3) is 0 Å². The van der Waals surface area contributed by atoms with Crippen molar-refractivity contribution >= 4 is 22.3 Å². The van der Waals surface area contributed by atoms with Crippen LogP contribution in [0, 0.1) is 11.6 Å². The minimum Gasteiger partial charge on any atom is -0.355 e. The van der Waals surface area contributed by atoms with Gasteiger partial charge in [-0.1, -0.05) is 0 Å². The van der Waals surface area contributed by atoms with E-state index in [1.54, 1.807) is 6.07 Å². The zero-order chi connectivity index (χ0) is 17.4. The van der Waals surface area contributed by atoms with Gasteiger partial charge in [-0.25, -0.2) is 8.78 Å². The molecule has 4 rings (SSSR count). The standard InChI is InChI=1S/C20H21F2N3/c1-25-12-17(13-6-8-23-9-7-13)16-10-14(3-5-20(16)25)24-15-2-4-18(21)19(22)11-15/h2-5,10-13,23-24H,6-9H2,1H3. The van der Waals surface area contributed by atoms with Gasteiger partial charge in [-0.15, -0.1) is 0 Å². The number of aryl methyl sites for hydroxylation is 1. The fourth-order valence-corrected chi connectivity index (χ4v) is 3.70. The second-order valence-electron chi connectivity index (χ2n) is 6.71. The second-order valence-corrected chi connectivity index (χ2v) is 6.71. The van der Waals surface area contributed by atoms with Gasteiger partial charge in [0, 0.05) is 41.6 Å². The van der Waals surface area contributed by atoms with Crippen LogP contribution in [0.4, 0.5) is 20.2 Å². The van der Waals surface area contributed by atoms with E-state index in [-0.39, 0.29) is 0 Å². The van der Waals surface area contributed by atoms with Crippen molar-refractivity contribution in [2.45, 2.75) is 18.8 Å². The fraction of sp³-hybridized carbons (Fsp3) is 0.300. The normalized spacial score (nSPS) is 15.6. The van der Waals surface area contributed by atoms with E-state index in [1.165, 1.54) is 22.5 Å². The summed E-state index contributed by atoms with van der Waals surface area (Å²) in [5, 5.41) is 7.81. The van der Waals surface area contributed by atoms with E-state index < -0.39 is 11.6 Å². The summed E-state index contributed by atoms with van der Waals surface area (Å²) >= 11 is 0. The Hall–Kier alpha value is -2.40. The molecule has 1 saturated heterocycles. The maximum Gasteiger partial charge on any atom is 0.160 e. The third-order valence-corrected chi connectivity index (χ3v) is 5.01. The van der Waals surface area contributed by atoms with Gasteiger partial charge in [-0.2, -0.15) is 0 Å². The number of hydrogen-bond acceptors (Lipinski definition) is 2. The second kappa shape index (κ2) is 6.48. The van der Waals surface area contributed by atoms with Gasteiger partial charge in [-0.05, 0) is 67.7 Å². The van der Waals surface area contributed by atoms with Crippen molar-refractivity contribution in [2.24, 2.45) is 7.05 Å². The van der Waals surface area contributed by atoms with Crippen molar-refractivity contribution in [3.63, 3.8) is 0 Å². The Balaban J connectivity index is 1.69. The molecule has 2 aromatic carbocycles. The smallest absolute Gasteiger partial charge is 0.160 e. The molecule has 1 aliphatic heterocycles. The third-order valence-electron chi connectivity index (χ3n) is 5.01. The Kier molecular flexibility index (Phi) is 4.17. The predicted molar refractivity (Wildman–Crippen MR) is 97.4 cm³/mol. The number of halogens is 2. The van der Waals surface area contributed by atoms with Gasteiger partial charge in [0.05, 0.1) is 0 Å². The highest BCUT2D eigenvalue weighted by Gasteiger charge is 2.19. The third kappa shape index (κ3) is 3.12. The van der Waals surface area contributed by atoms with Gasteiger partial charge in [-0.3, -0.25) is 0 Å². The molecule has 1 aromatic heterocycles. The highest BCUT2D eigenvalue weighted by molar-refractivity contribution is 5.88. The van der Waals surface area contributed by atoms with Gasteiger partial charge in [0.2, 0.25) is 0 Å². The van der Waals surface area contributed by atoms with E-state index in [1.807, 2.05) is 6.07 Å². The maximum atomic E-state index is 13.4. The Morgan fingerprint density at radius 1 is 1.00 bits per heavy atom. The lowest BCUT2D eigenvalue weighted by Gasteiger charge is -2.22. The molecular formula is C20H21F2N3. The van der Waals surface area contributed by atoms with E-state index in [2.05, 4.69) is 40.6 Å². The summed E-state index contributed by atoms with van der Waals surface area (Å²) in [5.74, 6) is -1.12. The molecule has 1 aliphatic rings. The molecule has 3 nitrogen and oxygen atoms in total. The van der Waals surface area contributed by atoms with Crippen molar-refractivity contribution in [1.29, 1.82) is 0 Å². The predicted octanol–water partition coefficient (Wildman–Crippen LogP) is 4.67. The minimum atomic E-state index is -0.846. The summed E-state index contributed by atoms with van der Waals surface area (Å²) in [7, 11) is 2.06. The molecule has 0 atom stereocenters. The Morgan fingerprint density at radius 3 is 2.48 bits per heavy atom. The SMILES string of the molecule is Cn1cc(C2CCNCC2)c2cc(Nc3ccc(F)c(F)c3)ccc21. The number of nitrogens with one attached hydrogen (secondary N) is 2. The molecule has 0 radical (unpaired) electrons. The number of fused-ring (bicyclic) bond motifs is 1. The zero-order valence-electron chi connectivity index (χ0n) is 14.2. The number of hydrogen-bond donors (Lipinski definition) is 2. The van der Waals surface area contributed by atoms with Crippen LogP contribution in [0.3, 0.4) is 0 Å². The molecule has 3 aromatic rings. The first kappa shape index (κ1) is 16.1. The molecule has 25 heavy (non-hydrogen) atoms. The number of nitrogens with zero attached hydrogens (tertiary/aromatic N) is 1. The lowest BCUT2D eigenvalue weighted by molar-refractivity contribution is 0.462. The summed E-state index contributed by atoms with van der Waals surface area (Å²) in [4.78, 5) is 0. The highest BCUT2D eigenvalue weighted by Crippen LogP contribution is 2.34. The van der Waals surface area contributed by atoms with Crippen LogP contribution in [0.2, 0.25) is 0 Å². The van der Waals surface area contributed by atoms with Crippen LogP contribution in [0.25, 0.3) is 10.9 Å². The van der Waals surface area contributed by atoms with Crippen molar-refractivity contribution in [1.82, 2.24) is 9.88 Å². The van der Waals surface area contributed by atoms with Crippen LogP contribution < -0.4 is 10.6 Å². The number of anilines is 2. The van der Waals surface area contributed by atoms with Crippen molar-refractivity contribution < 1.29 is 8.78 Å². The first-order valence-corrected chi connectivity index (χ1v) is 8.63. The van der Waals surface area contributed by atoms with Gasteiger partial charge < -0.3 is 15.2 Å². The summed E-state index contributed by atoms with van der Waals surface area (Å²) in [6, 6.07) is 10.0. The van der Waals surface area contributed by atoms with Crippen molar-refractivity contribution in [2.75, 3.05) is 18.4 Å². The number of piperidine rings is 1. The lowest BCUT2D eigenvalue weighted by atomic mass is 9.90. The molecule has 0 saturated carbocycles. The highest BCUT2D eigenvalue weighted by atomic mass is 19.2. The summed E-state index contributed by atoms with van der Waals surface area (Å²) in [6.45, 7) is 2.10. The van der Waals surface area contributed by atoms with Crippen molar-refractivity contribution in [3.05, 3.63) is 59.8 Å². The van der Waals surface area contributed by atoms with E-state index in [9.17, 15) is 8.78 Å².